The smallest absolute Gasteiger partial charge is 0.376 e. The molecule has 2 aromatic heterocycles. The monoisotopic (exact) mass is 410 g/mol. The summed E-state index contributed by atoms with van der Waals surface area (Å²) in [6, 6.07) is 6.01. The van der Waals surface area contributed by atoms with Gasteiger partial charge in [-0.05, 0) is 37.0 Å². The number of hydrogen-bond acceptors (Lipinski definition) is 6. The van der Waals surface area contributed by atoms with Crippen molar-refractivity contribution < 1.29 is 22.3 Å². The van der Waals surface area contributed by atoms with Gasteiger partial charge in [-0.3, -0.25) is 0 Å². The second-order valence-electron chi connectivity index (χ2n) is 6.78. The molecule has 11 heteroatoms. The van der Waals surface area contributed by atoms with Crippen LogP contribution >= 0.6 is 0 Å². The Morgan fingerprint density at radius 2 is 2.10 bits per heavy atom. The minimum absolute atomic E-state index is 0.00363. The van der Waals surface area contributed by atoms with Crippen LogP contribution in [0.3, 0.4) is 0 Å². The van der Waals surface area contributed by atoms with E-state index in [0.717, 1.165) is 12.8 Å². The SMILES string of the molecule is Fc1cccc(CCNc2nc(C(F)(F)F)nc3c2nnn3C[C@H]2CCCO2)c1. The molecule has 1 N–H and O–H groups in total. The zero-order valence-corrected chi connectivity index (χ0v) is 15.3. The second kappa shape index (κ2) is 7.90. The van der Waals surface area contributed by atoms with Crippen molar-refractivity contribution >= 4 is 17.0 Å². The Morgan fingerprint density at radius 1 is 1.24 bits per heavy atom. The fourth-order valence-electron chi connectivity index (χ4n) is 3.23. The maximum Gasteiger partial charge on any atom is 0.451 e. The Labute approximate surface area is 163 Å². The zero-order valence-electron chi connectivity index (χ0n) is 15.3. The van der Waals surface area contributed by atoms with Gasteiger partial charge in [-0.25, -0.2) is 19.0 Å². The third-order valence-electron chi connectivity index (χ3n) is 4.61. The van der Waals surface area contributed by atoms with Crippen LogP contribution in [0.4, 0.5) is 23.4 Å². The molecule has 0 unspecified atom stereocenters. The van der Waals surface area contributed by atoms with Gasteiger partial charge in [0.15, 0.2) is 17.0 Å². The average molecular weight is 410 g/mol. The summed E-state index contributed by atoms with van der Waals surface area (Å²) in [4.78, 5) is 7.24. The second-order valence-corrected chi connectivity index (χ2v) is 6.78. The summed E-state index contributed by atoms with van der Waals surface area (Å²) in [7, 11) is 0. The van der Waals surface area contributed by atoms with Gasteiger partial charge in [0.05, 0.1) is 12.6 Å². The number of nitrogens with zero attached hydrogens (tertiary/aromatic N) is 5. The van der Waals surface area contributed by atoms with Gasteiger partial charge in [-0.2, -0.15) is 13.2 Å². The Kier molecular flexibility index (Phi) is 5.31. The molecule has 29 heavy (non-hydrogen) atoms. The van der Waals surface area contributed by atoms with Crippen molar-refractivity contribution in [1.29, 1.82) is 0 Å². The molecule has 1 aliphatic rings. The van der Waals surface area contributed by atoms with Gasteiger partial charge in [0.25, 0.3) is 0 Å². The lowest BCUT2D eigenvalue weighted by Gasteiger charge is -2.12. The van der Waals surface area contributed by atoms with Gasteiger partial charge in [-0.15, -0.1) is 5.10 Å². The Morgan fingerprint density at radius 3 is 2.83 bits per heavy atom. The first-order valence-corrected chi connectivity index (χ1v) is 9.18. The number of anilines is 1. The molecule has 4 rings (SSSR count). The Hall–Kier alpha value is -2.82. The van der Waals surface area contributed by atoms with Crippen LogP contribution in [0.15, 0.2) is 24.3 Å². The van der Waals surface area contributed by atoms with Crippen LogP contribution in [-0.4, -0.2) is 44.2 Å². The lowest BCUT2D eigenvalue weighted by Crippen LogP contribution is -2.18. The van der Waals surface area contributed by atoms with Crippen molar-refractivity contribution in [3.05, 3.63) is 41.5 Å². The summed E-state index contributed by atoms with van der Waals surface area (Å²) in [5.74, 6) is -1.70. The lowest BCUT2D eigenvalue weighted by molar-refractivity contribution is -0.144. The summed E-state index contributed by atoms with van der Waals surface area (Å²) >= 11 is 0. The van der Waals surface area contributed by atoms with Crippen molar-refractivity contribution in [3.8, 4) is 0 Å². The number of rotatable bonds is 6. The number of benzene rings is 1. The van der Waals surface area contributed by atoms with Crippen LogP contribution in [0.5, 0.6) is 0 Å². The molecular weight excluding hydrogens is 392 g/mol. The standard InChI is InChI=1S/C18H18F4N6O/c19-12-4-1-3-11(9-12)6-7-23-15-14-16(25-17(24-15)18(20,21)22)28(27-26-14)10-13-5-2-8-29-13/h1,3-4,9,13H,2,5-8,10H2,(H,23,24,25)/t13-/m1/s1. The van der Waals surface area contributed by atoms with Gasteiger partial charge >= 0.3 is 6.18 Å². The van der Waals surface area contributed by atoms with E-state index in [2.05, 4.69) is 25.6 Å². The molecule has 0 bridgehead atoms. The van der Waals surface area contributed by atoms with E-state index in [0.29, 0.717) is 18.6 Å². The van der Waals surface area contributed by atoms with Gasteiger partial charge in [-0.1, -0.05) is 17.3 Å². The Bertz CT molecular complexity index is 1000. The van der Waals surface area contributed by atoms with Gasteiger partial charge < -0.3 is 10.1 Å². The first-order chi connectivity index (χ1) is 13.9. The van der Waals surface area contributed by atoms with Crippen molar-refractivity contribution in [3.63, 3.8) is 0 Å². The maximum atomic E-state index is 13.3. The third-order valence-corrected chi connectivity index (χ3v) is 4.61. The van der Waals surface area contributed by atoms with E-state index in [1.165, 1.54) is 16.8 Å². The van der Waals surface area contributed by atoms with Crippen molar-refractivity contribution in [2.75, 3.05) is 18.5 Å². The number of ether oxygens (including phenoxy) is 1. The molecule has 3 heterocycles. The minimum atomic E-state index is -4.72. The van der Waals surface area contributed by atoms with Crippen LogP contribution < -0.4 is 5.32 Å². The highest BCUT2D eigenvalue weighted by molar-refractivity contribution is 5.82. The molecule has 1 aliphatic heterocycles. The average Bonchev–Trinajstić information content (AvgIpc) is 3.32. The van der Waals surface area contributed by atoms with Crippen molar-refractivity contribution in [2.45, 2.75) is 38.1 Å². The molecule has 1 fully saturated rings. The van der Waals surface area contributed by atoms with E-state index in [-0.39, 0.29) is 42.0 Å². The topological polar surface area (TPSA) is 77.8 Å². The van der Waals surface area contributed by atoms with Gasteiger partial charge in [0.2, 0.25) is 5.82 Å². The molecule has 0 amide bonds. The van der Waals surface area contributed by atoms with E-state index in [4.69, 9.17) is 4.74 Å². The molecule has 1 saturated heterocycles. The number of fused-ring (bicyclic) bond motifs is 1. The molecule has 0 aliphatic carbocycles. The number of hydrogen-bond donors (Lipinski definition) is 1. The molecule has 1 atom stereocenters. The van der Waals surface area contributed by atoms with Crippen molar-refractivity contribution in [1.82, 2.24) is 25.0 Å². The summed E-state index contributed by atoms with van der Waals surface area (Å²) in [5, 5.41) is 10.8. The minimum Gasteiger partial charge on any atom is -0.376 e. The number of aromatic nitrogens is 5. The Balaban J connectivity index is 1.60. The van der Waals surface area contributed by atoms with Crippen LogP contribution in [0.25, 0.3) is 11.2 Å². The summed E-state index contributed by atoms with van der Waals surface area (Å²) in [6.07, 6.45) is -2.75. The number of nitrogens with one attached hydrogen (secondary N) is 1. The van der Waals surface area contributed by atoms with Gasteiger partial charge in [0, 0.05) is 13.2 Å². The molecule has 3 aromatic rings. The fraction of sp³-hybridized carbons (Fsp3) is 0.444. The lowest BCUT2D eigenvalue weighted by atomic mass is 10.1. The molecule has 0 saturated carbocycles. The first kappa shape index (κ1) is 19.5. The molecular formula is C18H18F4N6O. The van der Waals surface area contributed by atoms with E-state index >= 15 is 0 Å². The van der Waals surface area contributed by atoms with Gasteiger partial charge in [0.1, 0.15) is 5.82 Å². The maximum absolute atomic E-state index is 13.3. The molecule has 0 radical (unpaired) electrons. The van der Waals surface area contributed by atoms with Crippen LogP contribution in [-0.2, 0) is 23.9 Å². The number of halogens is 4. The van der Waals surface area contributed by atoms with E-state index in [1.807, 2.05) is 0 Å². The molecule has 154 valence electrons. The van der Waals surface area contributed by atoms with Crippen LogP contribution in [0.2, 0.25) is 0 Å². The van der Waals surface area contributed by atoms with E-state index in [1.54, 1.807) is 12.1 Å². The summed E-state index contributed by atoms with van der Waals surface area (Å²) < 4.78 is 60.0. The van der Waals surface area contributed by atoms with Crippen LogP contribution in [0, 0.1) is 5.82 Å². The van der Waals surface area contributed by atoms with E-state index in [9.17, 15) is 17.6 Å². The normalized spacial score (nSPS) is 17.2. The highest BCUT2D eigenvalue weighted by Crippen LogP contribution is 2.30. The van der Waals surface area contributed by atoms with Crippen molar-refractivity contribution in [2.24, 2.45) is 0 Å². The fourth-order valence-corrected chi connectivity index (χ4v) is 3.23. The number of alkyl halides is 3. The predicted molar refractivity (Wildman–Crippen MR) is 95.7 cm³/mol. The summed E-state index contributed by atoms with van der Waals surface area (Å²) in [5.41, 5.74) is 0.854. The largest absolute Gasteiger partial charge is 0.451 e. The quantitative estimate of drug-likeness (QED) is 0.629. The predicted octanol–water partition coefficient (Wildman–Crippen LogP) is 3.21. The molecule has 7 nitrogen and oxygen atoms in total. The highest BCUT2D eigenvalue weighted by Gasteiger charge is 2.36. The highest BCUT2D eigenvalue weighted by atomic mass is 19.4. The first-order valence-electron chi connectivity index (χ1n) is 9.18. The summed E-state index contributed by atoms with van der Waals surface area (Å²) in [6.45, 7) is 1.13. The third kappa shape index (κ3) is 4.44. The molecule has 1 aromatic carbocycles. The van der Waals surface area contributed by atoms with Crippen LogP contribution in [0.1, 0.15) is 24.2 Å². The zero-order chi connectivity index (χ0) is 20.4. The molecule has 0 spiro atoms. The van der Waals surface area contributed by atoms with E-state index < -0.39 is 12.0 Å².